The number of rotatable bonds is 4. The van der Waals surface area contributed by atoms with Gasteiger partial charge in [0.05, 0.1) is 17.7 Å². The number of nitrogens with zero attached hydrogens (tertiary/aromatic N) is 2. The molecule has 1 N–H and O–H groups in total. The van der Waals surface area contributed by atoms with Gasteiger partial charge in [0.15, 0.2) is 0 Å². The van der Waals surface area contributed by atoms with Gasteiger partial charge in [-0.1, -0.05) is 35.9 Å². The number of piperidine rings is 1. The molecule has 4 heteroatoms. The molecule has 0 saturated carbocycles. The van der Waals surface area contributed by atoms with Crippen molar-refractivity contribution in [3.8, 4) is 0 Å². The molecule has 2 heterocycles. The molecule has 24 heavy (non-hydrogen) atoms. The normalized spacial score (nSPS) is 17.6. The van der Waals surface area contributed by atoms with Gasteiger partial charge in [0.25, 0.3) is 0 Å². The maximum absolute atomic E-state index is 11.2. The third-order valence-electron chi connectivity index (χ3n) is 4.82. The lowest BCUT2D eigenvalue weighted by Gasteiger charge is -2.36. The molecule has 0 amide bonds. The lowest BCUT2D eigenvalue weighted by atomic mass is 9.92. The van der Waals surface area contributed by atoms with Crippen LogP contribution in [0.2, 0.25) is 0 Å². The molecular weight excluding hydrogens is 300 g/mol. The van der Waals surface area contributed by atoms with Crippen LogP contribution >= 0.6 is 0 Å². The van der Waals surface area contributed by atoms with Crippen LogP contribution in [0.5, 0.6) is 0 Å². The predicted molar refractivity (Wildman–Crippen MR) is 93.9 cm³/mol. The fourth-order valence-corrected chi connectivity index (χ4v) is 3.45. The van der Waals surface area contributed by atoms with Gasteiger partial charge in [-0.15, -0.1) is 0 Å². The molecule has 1 aromatic heterocycles. The number of hydrogen-bond donors (Lipinski definition) is 1. The van der Waals surface area contributed by atoms with Crippen molar-refractivity contribution in [2.24, 2.45) is 5.92 Å². The Labute approximate surface area is 143 Å². The summed E-state index contributed by atoms with van der Waals surface area (Å²) in [6.07, 6.45) is 3.30. The highest BCUT2D eigenvalue weighted by atomic mass is 16.4. The number of pyridine rings is 1. The molecule has 0 bridgehead atoms. The zero-order valence-corrected chi connectivity index (χ0v) is 14.3. The molecule has 126 valence electrons. The van der Waals surface area contributed by atoms with Crippen LogP contribution in [0.15, 0.2) is 42.6 Å². The number of carbonyl (C=O) groups is 1. The van der Waals surface area contributed by atoms with Crippen LogP contribution in [-0.4, -0.2) is 34.0 Å². The maximum Gasteiger partial charge on any atom is 0.306 e. The van der Waals surface area contributed by atoms with Gasteiger partial charge < -0.3 is 5.11 Å². The SMILES string of the molecule is Cc1ccc(C(c2cccc(C)c2)N2CCC(C(=O)O)CC2)nc1. The summed E-state index contributed by atoms with van der Waals surface area (Å²) in [5, 5.41) is 9.23. The molecule has 1 aromatic carbocycles. The maximum atomic E-state index is 11.2. The third kappa shape index (κ3) is 3.65. The van der Waals surface area contributed by atoms with Gasteiger partial charge in [0.2, 0.25) is 0 Å². The number of aromatic nitrogens is 1. The molecule has 1 aliphatic heterocycles. The van der Waals surface area contributed by atoms with Gasteiger partial charge in [0, 0.05) is 6.20 Å². The fourth-order valence-electron chi connectivity index (χ4n) is 3.45. The molecule has 1 unspecified atom stereocenters. The van der Waals surface area contributed by atoms with Crippen LogP contribution in [0, 0.1) is 19.8 Å². The van der Waals surface area contributed by atoms with Crippen molar-refractivity contribution < 1.29 is 9.90 Å². The van der Waals surface area contributed by atoms with E-state index in [1.165, 1.54) is 11.1 Å². The third-order valence-corrected chi connectivity index (χ3v) is 4.82. The van der Waals surface area contributed by atoms with E-state index in [-0.39, 0.29) is 12.0 Å². The number of aryl methyl sites for hydroxylation is 2. The lowest BCUT2D eigenvalue weighted by molar-refractivity contribution is -0.143. The van der Waals surface area contributed by atoms with Gasteiger partial charge in [-0.3, -0.25) is 14.7 Å². The van der Waals surface area contributed by atoms with Crippen LogP contribution in [-0.2, 0) is 4.79 Å². The summed E-state index contributed by atoms with van der Waals surface area (Å²) in [6, 6.07) is 12.8. The summed E-state index contributed by atoms with van der Waals surface area (Å²) >= 11 is 0. The molecule has 1 fully saturated rings. The Bertz CT molecular complexity index is 704. The van der Waals surface area contributed by atoms with Crippen LogP contribution in [0.1, 0.15) is 41.3 Å². The summed E-state index contributed by atoms with van der Waals surface area (Å²) < 4.78 is 0. The number of likely N-dealkylation sites (tertiary alicyclic amines) is 1. The average molecular weight is 324 g/mol. The van der Waals surface area contributed by atoms with Gasteiger partial charge in [0.1, 0.15) is 0 Å². The van der Waals surface area contributed by atoms with Crippen LogP contribution in [0.3, 0.4) is 0 Å². The first-order valence-corrected chi connectivity index (χ1v) is 8.50. The molecule has 0 aliphatic carbocycles. The van der Waals surface area contributed by atoms with E-state index in [4.69, 9.17) is 0 Å². The summed E-state index contributed by atoms with van der Waals surface area (Å²) in [4.78, 5) is 18.2. The monoisotopic (exact) mass is 324 g/mol. The van der Waals surface area contributed by atoms with Crippen LogP contribution in [0.4, 0.5) is 0 Å². The first-order chi connectivity index (χ1) is 11.5. The van der Waals surface area contributed by atoms with E-state index in [0.29, 0.717) is 12.8 Å². The van der Waals surface area contributed by atoms with E-state index in [1.807, 2.05) is 13.1 Å². The molecule has 3 rings (SSSR count). The Morgan fingerprint density at radius 3 is 2.50 bits per heavy atom. The first kappa shape index (κ1) is 16.7. The minimum absolute atomic E-state index is 0.0836. The molecule has 4 nitrogen and oxygen atoms in total. The Morgan fingerprint density at radius 1 is 1.17 bits per heavy atom. The highest BCUT2D eigenvalue weighted by Gasteiger charge is 2.30. The van der Waals surface area contributed by atoms with Crippen molar-refractivity contribution in [1.29, 1.82) is 0 Å². The Morgan fingerprint density at radius 2 is 1.92 bits per heavy atom. The minimum Gasteiger partial charge on any atom is -0.481 e. The smallest absolute Gasteiger partial charge is 0.306 e. The zero-order valence-electron chi connectivity index (χ0n) is 14.3. The molecule has 1 aliphatic rings. The van der Waals surface area contributed by atoms with E-state index in [2.05, 4.69) is 53.2 Å². The summed E-state index contributed by atoms with van der Waals surface area (Å²) in [6.45, 7) is 5.70. The second-order valence-electron chi connectivity index (χ2n) is 6.73. The number of benzene rings is 1. The standard InChI is InChI=1S/C20H24N2O2/c1-14-4-3-5-17(12-14)19(18-7-6-15(2)13-21-18)22-10-8-16(9-11-22)20(23)24/h3-7,12-13,16,19H,8-11H2,1-2H3,(H,23,24). The van der Waals surface area contributed by atoms with Crippen molar-refractivity contribution in [2.45, 2.75) is 32.7 Å². The van der Waals surface area contributed by atoms with Crippen molar-refractivity contribution >= 4 is 5.97 Å². The summed E-state index contributed by atoms with van der Waals surface area (Å²) in [5.74, 6) is -0.888. The quantitative estimate of drug-likeness (QED) is 0.934. The summed E-state index contributed by atoms with van der Waals surface area (Å²) in [5.41, 5.74) is 4.62. The van der Waals surface area contributed by atoms with E-state index in [0.717, 1.165) is 24.3 Å². The van der Waals surface area contributed by atoms with E-state index in [9.17, 15) is 9.90 Å². The lowest BCUT2D eigenvalue weighted by Crippen LogP contribution is -2.39. The highest BCUT2D eigenvalue weighted by Crippen LogP contribution is 2.32. The molecule has 1 saturated heterocycles. The number of aliphatic carboxylic acids is 1. The van der Waals surface area contributed by atoms with Gasteiger partial charge in [-0.05, 0) is 57.0 Å². The molecule has 0 spiro atoms. The number of carboxylic acid groups (broad SMARTS) is 1. The summed E-state index contributed by atoms with van der Waals surface area (Å²) in [7, 11) is 0. The van der Waals surface area contributed by atoms with Crippen LogP contribution in [0.25, 0.3) is 0 Å². The van der Waals surface area contributed by atoms with Crippen molar-refractivity contribution in [2.75, 3.05) is 13.1 Å². The number of carboxylic acids is 1. The van der Waals surface area contributed by atoms with Crippen LogP contribution < -0.4 is 0 Å². The van der Waals surface area contributed by atoms with Crippen molar-refractivity contribution in [1.82, 2.24) is 9.88 Å². The second kappa shape index (κ2) is 7.14. The van der Waals surface area contributed by atoms with E-state index in [1.54, 1.807) is 0 Å². The molecule has 0 radical (unpaired) electrons. The molecular formula is C20H24N2O2. The number of hydrogen-bond acceptors (Lipinski definition) is 3. The molecule has 1 atom stereocenters. The fraction of sp³-hybridized carbons (Fsp3) is 0.400. The minimum atomic E-state index is -0.671. The first-order valence-electron chi connectivity index (χ1n) is 8.50. The predicted octanol–water partition coefficient (Wildman–Crippen LogP) is 3.58. The van der Waals surface area contributed by atoms with E-state index >= 15 is 0 Å². The highest BCUT2D eigenvalue weighted by molar-refractivity contribution is 5.70. The molecule has 2 aromatic rings. The van der Waals surface area contributed by atoms with Gasteiger partial charge >= 0.3 is 5.97 Å². The Hall–Kier alpha value is -2.20. The van der Waals surface area contributed by atoms with Gasteiger partial charge in [-0.25, -0.2) is 0 Å². The van der Waals surface area contributed by atoms with Gasteiger partial charge in [-0.2, -0.15) is 0 Å². The second-order valence-corrected chi connectivity index (χ2v) is 6.73. The topological polar surface area (TPSA) is 53.4 Å². The Balaban J connectivity index is 1.91. The zero-order chi connectivity index (χ0) is 17.1. The van der Waals surface area contributed by atoms with Crippen molar-refractivity contribution in [3.63, 3.8) is 0 Å². The van der Waals surface area contributed by atoms with E-state index < -0.39 is 5.97 Å². The average Bonchev–Trinajstić information content (AvgIpc) is 2.57. The van der Waals surface area contributed by atoms with Crippen molar-refractivity contribution in [3.05, 3.63) is 65.0 Å². The Kier molecular flexibility index (Phi) is 4.95. The largest absolute Gasteiger partial charge is 0.481 e.